The summed E-state index contributed by atoms with van der Waals surface area (Å²) in [5.74, 6) is 1.33. The molecule has 7 heteroatoms. The predicted molar refractivity (Wildman–Crippen MR) is 127 cm³/mol. The molecular weight excluding hydrogens is 416 g/mol. The summed E-state index contributed by atoms with van der Waals surface area (Å²) in [5, 5.41) is 7.42. The molecule has 2 aromatic carbocycles. The van der Waals surface area contributed by atoms with Crippen LogP contribution in [0.3, 0.4) is 0 Å². The van der Waals surface area contributed by atoms with Gasteiger partial charge < -0.3 is 14.0 Å². The van der Waals surface area contributed by atoms with Gasteiger partial charge in [-0.2, -0.15) is 5.10 Å². The van der Waals surface area contributed by atoms with Crippen molar-refractivity contribution in [2.24, 2.45) is 12.1 Å². The number of nitrogens with zero attached hydrogens (tertiary/aromatic N) is 4. The third kappa shape index (κ3) is 3.71. The van der Waals surface area contributed by atoms with Crippen LogP contribution >= 0.6 is 0 Å². The van der Waals surface area contributed by atoms with Crippen LogP contribution in [0.2, 0.25) is 0 Å². The van der Waals surface area contributed by atoms with Crippen LogP contribution < -0.4 is 9.47 Å². The molecule has 2 aromatic heterocycles. The van der Waals surface area contributed by atoms with Crippen molar-refractivity contribution in [3.63, 3.8) is 0 Å². The average Bonchev–Trinajstić information content (AvgIpc) is 3.45. The molecule has 0 radical (unpaired) electrons. The van der Waals surface area contributed by atoms with E-state index in [0.29, 0.717) is 12.0 Å². The standard InChI is InChI=1S/C26H24N4O3/c1-29-16-22(21-13-20(33-3)9-10-24(21)29)25-14-23(17-6-4-8-19(12-17)32-2)28-30(25)26(31)18-7-5-11-27-15-18/h4-13,15-16,25H,14H2,1-3H3. The van der Waals surface area contributed by atoms with Crippen LogP contribution in [-0.2, 0) is 7.05 Å². The molecule has 0 N–H and O–H groups in total. The lowest BCUT2D eigenvalue weighted by molar-refractivity contribution is 0.0711. The number of aromatic nitrogens is 2. The van der Waals surface area contributed by atoms with Crippen LogP contribution in [0.4, 0.5) is 0 Å². The van der Waals surface area contributed by atoms with Crippen LogP contribution in [0.25, 0.3) is 10.9 Å². The Morgan fingerprint density at radius 2 is 1.85 bits per heavy atom. The highest BCUT2D eigenvalue weighted by molar-refractivity contribution is 6.05. The Bertz CT molecular complexity index is 1360. The van der Waals surface area contributed by atoms with Gasteiger partial charge in [-0.1, -0.05) is 12.1 Å². The first-order valence-electron chi connectivity index (χ1n) is 10.7. The van der Waals surface area contributed by atoms with Gasteiger partial charge in [0.15, 0.2) is 0 Å². The van der Waals surface area contributed by atoms with E-state index in [4.69, 9.17) is 14.6 Å². The summed E-state index contributed by atoms with van der Waals surface area (Å²) < 4.78 is 12.9. The highest BCUT2D eigenvalue weighted by Crippen LogP contribution is 2.39. The Labute approximate surface area is 191 Å². The first-order chi connectivity index (χ1) is 16.1. The van der Waals surface area contributed by atoms with Crippen molar-refractivity contribution in [1.29, 1.82) is 0 Å². The Morgan fingerprint density at radius 3 is 2.61 bits per heavy atom. The van der Waals surface area contributed by atoms with E-state index in [9.17, 15) is 4.79 Å². The van der Waals surface area contributed by atoms with Crippen LogP contribution in [0, 0.1) is 0 Å². The number of hydrazone groups is 1. The Kier molecular flexibility index (Phi) is 5.30. The third-order valence-electron chi connectivity index (χ3n) is 6.02. The smallest absolute Gasteiger partial charge is 0.276 e. The van der Waals surface area contributed by atoms with E-state index in [2.05, 4.69) is 15.7 Å². The number of carbonyl (C=O) groups excluding carboxylic acids is 1. The lowest BCUT2D eigenvalue weighted by Gasteiger charge is -2.21. The zero-order valence-corrected chi connectivity index (χ0v) is 18.7. The number of amides is 1. The topological polar surface area (TPSA) is 69.0 Å². The Balaban J connectivity index is 1.63. The van der Waals surface area contributed by atoms with Gasteiger partial charge in [0, 0.05) is 54.1 Å². The van der Waals surface area contributed by atoms with Crippen molar-refractivity contribution < 1.29 is 14.3 Å². The number of fused-ring (bicyclic) bond motifs is 1. The molecule has 5 rings (SSSR count). The zero-order valence-electron chi connectivity index (χ0n) is 18.7. The average molecular weight is 441 g/mol. The summed E-state index contributed by atoms with van der Waals surface area (Å²) in [5.41, 5.74) is 4.34. The monoisotopic (exact) mass is 440 g/mol. The molecule has 0 fully saturated rings. The Hall–Kier alpha value is -4.13. The zero-order chi connectivity index (χ0) is 22.9. The number of methoxy groups -OCH3 is 2. The maximum absolute atomic E-state index is 13.5. The summed E-state index contributed by atoms with van der Waals surface area (Å²) in [6.45, 7) is 0. The van der Waals surface area contributed by atoms with Gasteiger partial charge in [0.05, 0.1) is 31.5 Å². The molecule has 33 heavy (non-hydrogen) atoms. The molecule has 1 aliphatic heterocycles. The van der Waals surface area contributed by atoms with Crippen LogP contribution in [0.5, 0.6) is 11.5 Å². The van der Waals surface area contributed by atoms with E-state index in [0.717, 1.165) is 39.2 Å². The molecular formula is C26H24N4O3. The molecule has 0 saturated carbocycles. The van der Waals surface area contributed by atoms with E-state index < -0.39 is 0 Å². The first-order valence-corrected chi connectivity index (χ1v) is 10.7. The first kappa shape index (κ1) is 20.8. The van der Waals surface area contributed by atoms with Crippen molar-refractivity contribution >= 4 is 22.5 Å². The largest absolute Gasteiger partial charge is 0.497 e. The van der Waals surface area contributed by atoms with E-state index >= 15 is 0 Å². The number of aryl methyl sites for hydroxylation is 1. The third-order valence-corrected chi connectivity index (χ3v) is 6.02. The summed E-state index contributed by atoms with van der Waals surface area (Å²) >= 11 is 0. The second-order valence-electron chi connectivity index (χ2n) is 7.97. The van der Waals surface area contributed by atoms with Gasteiger partial charge in [-0.15, -0.1) is 0 Å². The van der Waals surface area contributed by atoms with Crippen LogP contribution in [-0.4, -0.2) is 40.4 Å². The minimum Gasteiger partial charge on any atom is -0.497 e. The molecule has 0 aliphatic carbocycles. The normalized spacial score (nSPS) is 15.5. The molecule has 1 aliphatic rings. The van der Waals surface area contributed by atoms with Crippen molar-refractivity contribution in [3.05, 3.63) is 89.9 Å². The van der Waals surface area contributed by atoms with E-state index in [-0.39, 0.29) is 11.9 Å². The molecule has 7 nitrogen and oxygen atoms in total. The second-order valence-corrected chi connectivity index (χ2v) is 7.97. The number of hydrogen-bond acceptors (Lipinski definition) is 5. The summed E-state index contributed by atoms with van der Waals surface area (Å²) in [7, 11) is 5.30. The summed E-state index contributed by atoms with van der Waals surface area (Å²) in [4.78, 5) is 17.6. The summed E-state index contributed by atoms with van der Waals surface area (Å²) in [6.07, 6.45) is 5.88. The van der Waals surface area contributed by atoms with Gasteiger partial charge in [-0.25, -0.2) is 5.01 Å². The van der Waals surface area contributed by atoms with Gasteiger partial charge in [-0.3, -0.25) is 9.78 Å². The van der Waals surface area contributed by atoms with Gasteiger partial charge in [0.1, 0.15) is 11.5 Å². The maximum Gasteiger partial charge on any atom is 0.276 e. The second kappa shape index (κ2) is 8.43. The number of rotatable bonds is 5. The predicted octanol–water partition coefficient (Wildman–Crippen LogP) is 4.58. The fraction of sp³-hybridized carbons (Fsp3) is 0.192. The molecule has 0 saturated heterocycles. The number of hydrogen-bond donors (Lipinski definition) is 0. The lowest BCUT2D eigenvalue weighted by Crippen LogP contribution is -2.27. The van der Waals surface area contributed by atoms with Gasteiger partial charge in [0.2, 0.25) is 0 Å². The van der Waals surface area contributed by atoms with Crippen molar-refractivity contribution in [3.8, 4) is 11.5 Å². The number of carbonyl (C=O) groups is 1. The highest BCUT2D eigenvalue weighted by atomic mass is 16.5. The maximum atomic E-state index is 13.5. The molecule has 1 unspecified atom stereocenters. The fourth-order valence-electron chi connectivity index (χ4n) is 4.33. The van der Waals surface area contributed by atoms with Crippen molar-refractivity contribution in [1.82, 2.24) is 14.6 Å². The minimum absolute atomic E-state index is 0.189. The fourth-order valence-corrected chi connectivity index (χ4v) is 4.33. The van der Waals surface area contributed by atoms with E-state index in [1.54, 1.807) is 43.8 Å². The van der Waals surface area contributed by atoms with Crippen LogP contribution in [0.15, 0.2) is 78.3 Å². The number of benzene rings is 2. The van der Waals surface area contributed by atoms with Gasteiger partial charge in [0.25, 0.3) is 5.91 Å². The SMILES string of the molecule is COc1cccc(C2=NN(C(=O)c3cccnc3)C(c3cn(C)c4ccc(OC)cc34)C2)c1. The number of ether oxygens (including phenoxy) is 2. The minimum atomic E-state index is -0.269. The van der Waals surface area contributed by atoms with E-state index in [1.165, 1.54) is 0 Å². The van der Waals surface area contributed by atoms with Gasteiger partial charge >= 0.3 is 0 Å². The molecule has 1 amide bonds. The molecule has 3 heterocycles. The van der Waals surface area contributed by atoms with Crippen molar-refractivity contribution in [2.75, 3.05) is 14.2 Å². The molecule has 166 valence electrons. The lowest BCUT2D eigenvalue weighted by atomic mass is 9.97. The molecule has 0 spiro atoms. The van der Waals surface area contributed by atoms with E-state index in [1.807, 2.05) is 49.5 Å². The molecule has 0 bridgehead atoms. The highest BCUT2D eigenvalue weighted by Gasteiger charge is 2.35. The molecule has 4 aromatic rings. The van der Waals surface area contributed by atoms with Crippen LogP contribution in [0.1, 0.15) is 33.9 Å². The van der Waals surface area contributed by atoms with Gasteiger partial charge in [-0.05, 0) is 42.5 Å². The molecule has 1 atom stereocenters. The number of pyridine rings is 1. The summed E-state index contributed by atoms with van der Waals surface area (Å²) in [6, 6.07) is 17.0. The van der Waals surface area contributed by atoms with Crippen molar-refractivity contribution in [2.45, 2.75) is 12.5 Å². The quantitative estimate of drug-likeness (QED) is 0.455. The Morgan fingerprint density at radius 1 is 1.03 bits per heavy atom.